The molecular weight excluding hydrogens is 336 g/mol. The summed E-state index contributed by atoms with van der Waals surface area (Å²) in [6, 6.07) is 15.3. The van der Waals surface area contributed by atoms with Crippen LogP contribution >= 0.6 is 11.6 Å². The predicted octanol–water partition coefficient (Wildman–Crippen LogP) is 4.33. The monoisotopic (exact) mass is 350 g/mol. The lowest BCUT2D eigenvalue weighted by Gasteiger charge is -2.05. The van der Waals surface area contributed by atoms with E-state index < -0.39 is 0 Å². The van der Waals surface area contributed by atoms with E-state index in [1.54, 1.807) is 10.7 Å². The molecule has 4 rings (SSSR count). The molecule has 0 bridgehead atoms. The van der Waals surface area contributed by atoms with Crippen molar-refractivity contribution in [3.05, 3.63) is 77.2 Å². The molecule has 2 heterocycles. The first-order valence-electron chi connectivity index (χ1n) is 7.85. The highest BCUT2D eigenvalue weighted by atomic mass is 35.5. The molecule has 0 unspecified atom stereocenters. The summed E-state index contributed by atoms with van der Waals surface area (Å²) in [7, 11) is 0. The van der Waals surface area contributed by atoms with Crippen molar-refractivity contribution in [2.24, 2.45) is 0 Å². The van der Waals surface area contributed by atoms with Crippen LogP contribution < -0.4 is 4.74 Å². The van der Waals surface area contributed by atoms with Gasteiger partial charge < -0.3 is 4.74 Å². The van der Waals surface area contributed by atoms with Crippen molar-refractivity contribution in [1.29, 1.82) is 0 Å². The molecule has 2 aromatic heterocycles. The van der Waals surface area contributed by atoms with Crippen LogP contribution in [-0.2, 0) is 6.61 Å². The molecule has 0 spiro atoms. The van der Waals surface area contributed by atoms with Gasteiger partial charge in [-0.1, -0.05) is 35.9 Å². The quantitative estimate of drug-likeness (QED) is 0.549. The number of nitrogens with zero attached hydrogens (tertiary/aromatic N) is 4. The number of aryl methyl sites for hydroxylation is 1. The Balaban J connectivity index is 1.61. The molecule has 5 nitrogen and oxygen atoms in total. The van der Waals surface area contributed by atoms with Gasteiger partial charge in [0, 0.05) is 10.6 Å². The summed E-state index contributed by atoms with van der Waals surface area (Å²) in [6.07, 6.45) is 3.56. The van der Waals surface area contributed by atoms with E-state index in [2.05, 4.69) is 15.1 Å². The summed E-state index contributed by atoms with van der Waals surface area (Å²) in [4.78, 5) is 8.84. The lowest BCUT2D eigenvalue weighted by Crippen LogP contribution is -1.97. The molecule has 0 N–H and O–H groups in total. The third kappa shape index (κ3) is 3.32. The van der Waals surface area contributed by atoms with Gasteiger partial charge in [0.15, 0.2) is 0 Å². The third-order valence-electron chi connectivity index (χ3n) is 3.83. The number of benzene rings is 2. The van der Waals surface area contributed by atoms with Crippen molar-refractivity contribution >= 4 is 17.4 Å². The molecule has 0 atom stereocenters. The second-order valence-corrected chi connectivity index (χ2v) is 6.12. The highest BCUT2D eigenvalue weighted by molar-refractivity contribution is 6.30. The first-order valence-corrected chi connectivity index (χ1v) is 8.22. The normalized spacial score (nSPS) is 11.0. The molecule has 4 aromatic rings. The minimum Gasteiger partial charge on any atom is -0.487 e. The van der Waals surface area contributed by atoms with Crippen molar-refractivity contribution in [2.45, 2.75) is 13.5 Å². The van der Waals surface area contributed by atoms with Crippen molar-refractivity contribution in [3.8, 4) is 17.0 Å². The van der Waals surface area contributed by atoms with E-state index in [4.69, 9.17) is 16.3 Å². The van der Waals surface area contributed by atoms with Gasteiger partial charge in [-0.05, 0) is 36.8 Å². The van der Waals surface area contributed by atoms with Crippen LogP contribution in [0.25, 0.3) is 17.0 Å². The maximum atomic E-state index is 6.02. The number of hydrogen-bond acceptors (Lipinski definition) is 4. The fourth-order valence-electron chi connectivity index (χ4n) is 2.61. The van der Waals surface area contributed by atoms with Gasteiger partial charge in [-0.3, -0.25) is 0 Å². The Bertz CT molecular complexity index is 1030. The minimum absolute atomic E-state index is 0.365. The maximum Gasteiger partial charge on any atom is 0.251 e. The Morgan fingerprint density at radius 1 is 1.12 bits per heavy atom. The van der Waals surface area contributed by atoms with Gasteiger partial charge >= 0.3 is 0 Å². The van der Waals surface area contributed by atoms with Crippen molar-refractivity contribution in [2.75, 3.05) is 0 Å². The number of fused-ring (bicyclic) bond motifs is 1. The van der Waals surface area contributed by atoms with E-state index >= 15 is 0 Å². The van der Waals surface area contributed by atoms with Crippen LogP contribution in [0, 0.1) is 6.92 Å². The Morgan fingerprint density at radius 2 is 1.96 bits per heavy atom. The number of aromatic nitrogens is 4. The van der Waals surface area contributed by atoms with E-state index in [1.807, 2.05) is 61.7 Å². The topological polar surface area (TPSA) is 52.3 Å². The van der Waals surface area contributed by atoms with Gasteiger partial charge in [0.25, 0.3) is 5.78 Å². The van der Waals surface area contributed by atoms with Crippen LogP contribution in [-0.4, -0.2) is 19.6 Å². The van der Waals surface area contributed by atoms with Gasteiger partial charge in [0.2, 0.25) is 0 Å². The zero-order valence-corrected chi connectivity index (χ0v) is 14.3. The smallest absolute Gasteiger partial charge is 0.251 e. The fraction of sp³-hybridized carbons (Fsp3) is 0.105. The van der Waals surface area contributed by atoms with E-state index in [-0.39, 0.29) is 0 Å². The molecule has 0 saturated carbocycles. The molecular formula is C19H15ClN4O. The summed E-state index contributed by atoms with van der Waals surface area (Å²) in [5, 5.41) is 5.31. The number of rotatable bonds is 4. The molecule has 124 valence electrons. The SMILES string of the molecule is Cc1cc(Cl)ccc1-c1cnc2nc(COc3ccccc3)cn2n1. The highest BCUT2D eigenvalue weighted by Crippen LogP contribution is 2.24. The molecule has 0 aliphatic rings. The predicted molar refractivity (Wildman–Crippen MR) is 96.7 cm³/mol. The zero-order valence-electron chi connectivity index (χ0n) is 13.6. The second-order valence-electron chi connectivity index (χ2n) is 5.68. The standard InChI is InChI=1S/C19H15ClN4O/c1-13-9-14(20)7-8-17(13)18-10-21-19-22-15(11-24(19)23-18)12-25-16-5-3-2-4-6-16/h2-11H,12H2,1H3. The Morgan fingerprint density at radius 3 is 2.76 bits per heavy atom. The molecule has 0 radical (unpaired) electrons. The number of hydrogen-bond donors (Lipinski definition) is 0. The van der Waals surface area contributed by atoms with Crippen molar-refractivity contribution in [3.63, 3.8) is 0 Å². The Kier molecular flexibility index (Phi) is 4.07. The molecule has 0 aliphatic carbocycles. The largest absolute Gasteiger partial charge is 0.487 e. The van der Waals surface area contributed by atoms with E-state index in [9.17, 15) is 0 Å². The van der Waals surface area contributed by atoms with Crippen LogP contribution in [0.1, 0.15) is 11.3 Å². The van der Waals surface area contributed by atoms with Gasteiger partial charge in [-0.2, -0.15) is 5.10 Å². The summed E-state index contributed by atoms with van der Waals surface area (Å²) in [6.45, 7) is 2.37. The van der Waals surface area contributed by atoms with E-state index in [1.165, 1.54) is 0 Å². The molecule has 0 saturated heterocycles. The molecule has 0 fully saturated rings. The summed E-state index contributed by atoms with van der Waals surface area (Å²) in [5.74, 6) is 1.35. The summed E-state index contributed by atoms with van der Waals surface area (Å²) >= 11 is 6.02. The number of imidazole rings is 1. The fourth-order valence-corrected chi connectivity index (χ4v) is 2.84. The summed E-state index contributed by atoms with van der Waals surface area (Å²) in [5.41, 5.74) is 3.59. The third-order valence-corrected chi connectivity index (χ3v) is 4.07. The Hall–Kier alpha value is -2.92. The highest BCUT2D eigenvalue weighted by Gasteiger charge is 2.09. The van der Waals surface area contributed by atoms with Crippen LogP contribution in [0.5, 0.6) is 5.75 Å². The van der Waals surface area contributed by atoms with Gasteiger partial charge in [0.1, 0.15) is 23.7 Å². The van der Waals surface area contributed by atoms with Gasteiger partial charge in [0.05, 0.1) is 12.4 Å². The first-order chi connectivity index (χ1) is 12.2. The first kappa shape index (κ1) is 15.6. The Labute approximate surface area is 149 Å². The summed E-state index contributed by atoms with van der Waals surface area (Å²) < 4.78 is 7.40. The number of para-hydroxylation sites is 1. The molecule has 6 heteroatoms. The van der Waals surface area contributed by atoms with Gasteiger partial charge in [-0.25, -0.2) is 14.5 Å². The number of halogens is 1. The molecule has 0 aliphatic heterocycles. The van der Waals surface area contributed by atoms with Crippen molar-refractivity contribution < 1.29 is 4.74 Å². The lowest BCUT2D eigenvalue weighted by atomic mass is 10.1. The maximum absolute atomic E-state index is 6.02. The van der Waals surface area contributed by atoms with Crippen LogP contribution in [0.15, 0.2) is 60.9 Å². The molecule has 2 aromatic carbocycles. The average molecular weight is 351 g/mol. The average Bonchev–Trinajstić information content (AvgIpc) is 3.03. The zero-order chi connectivity index (χ0) is 17.2. The minimum atomic E-state index is 0.365. The van der Waals surface area contributed by atoms with E-state index in [0.29, 0.717) is 17.4 Å². The van der Waals surface area contributed by atoms with Crippen LogP contribution in [0.4, 0.5) is 0 Å². The van der Waals surface area contributed by atoms with Crippen LogP contribution in [0.3, 0.4) is 0 Å². The lowest BCUT2D eigenvalue weighted by molar-refractivity contribution is 0.302. The molecule has 0 amide bonds. The molecule has 25 heavy (non-hydrogen) atoms. The van der Waals surface area contributed by atoms with E-state index in [0.717, 1.165) is 28.3 Å². The number of ether oxygens (including phenoxy) is 1. The van der Waals surface area contributed by atoms with Crippen LogP contribution in [0.2, 0.25) is 5.02 Å². The van der Waals surface area contributed by atoms with Crippen molar-refractivity contribution in [1.82, 2.24) is 19.6 Å². The van der Waals surface area contributed by atoms with Gasteiger partial charge in [-0.15, -0.1) is 0 Å². The second kappa shape index (κ2) is 6.53.